The monoisotopic (exact) mass is 423 g/mol. The number of nitro benzene ring substituents is 1. The minimum absolute atomic E-state index is 0.0129. The van der Waals surface area contributed by atoms with Crippen molar-refractivity contribution in [3.8, 4) is 0 Å². The van der Waals surface area contributed by atoms with Crippen LogP contribution in [0.5, 0.6) is 0 Å². The third-order valence-corrected chi connectivity index (χ3v) is 5.87. The van der Waals surface area contributed by atoms with Crippen molar-refractivity contribution < 1.29 is 14.5 Å². The highest BCUT2D eigenvalue weighted by Crippen LogP contribution is 2.34. The van der Waals surface area contributed by atoms with E-state index in [9.17, 15) is 19.7 Å². The van der Waals surface area contributed by atoms with Crippen molar-refractivity contribution in [3.05, 3.63) is 74.8 Å². The van der Waals surface area contributed by atoms with Crippen molar-refractivity contribution in [1.29, 1.82) is 0 Å². The van der Waals surface area contributed by atoms with Gasteiger partial charge in [0, 0.05) is 41.8 Å². The van der Waals surface area contributed by atoms with Gasteiger partial charge in [-0.05, 0) is 25.1 Å². The Morgan fingerprint density at radius 2 is 2.00 bits per heavy atom. The summed E-state index contributed by atoms with van der Waals surface area (Å²) in [6.45, 7) is 2.11. The fourth-order valence-electron chi connectivity index (χ4n) is 3.30. The molecule has 0 spiro atoms. The quantitative estimate of drug-likeness (QED) is 0.495. The first-order valence-corrected chi connectivity index (χ1v) is 9.99. The van der Waals surface area contributed by atoms with Crippen LogP contribution in [0.2, 0.25) is 0 Å². The summed E-state index contributed by atoms with van der Waals surface area (Å²) in [5.74, 6) is -0.602. The van der Waals surface area contributed by atoms with Crippen LogP contribution >= 0.6 is 11.3 Å². The molecule has 30 heavy (non-hydrogen) atoms. The highest BCUT2D eigenvalue weighted by Gasteiger charge is 2.34. The standard InChI is InChI=1S/C20H17N5O4S/c1-12-7-8-13(9-16(12)25(28)29)18(27)21-20-23-22-19(30-20)14-10-17(26)24(11-14)15-5-3-2-4-6-15/h2-9,14H,10-11H2,1H3,(H,21,23,27). The molecule has 0 aliphatic carbocycles. The van der Waals surface area contributed by atoms with E-state index < -0.39 is 10.8 Å². The predicted octanol–water partition coefficient (Wildman–Crippen LogP) is 3.53. The zero-order chi connectivity index (χ0) is 21.3. The first-order chi connectivity index (χ1) is 14.4. The summed E-state index contributed by atoms with van der Waals surface area (Å²) in [6.07, 6.45) is 0.321. The number of aromatic nitrogens is 2. The third kappa shape index (κ3) is 3.90. The number of hydrogen-bond acceptors (Lipinski definition) is 7. The number of carbonyl (C=O) groups is 2. The van der Waals surface area contributed by atoms with Gasteiger partial charge < -0.3 is 4.90 Å². The van der Waals surface area contributed by atoms with Crippen LogP contribution in [0.15, 0.2) is 48.5 Å². The van der Waals surface area contributed by atoms with Crippen LogP contribution in [-0.4, -0.2) is 33.5 Å². The summed E-state index contributed by atoms with van der Waals surface area (Å²) < 4.78 is 0. The Morgan fingerprint density at radius 1 is 1.23 bits per heavy atom. The Hall–Kier alpha value is -3.66. The minimum Gasteiger partial charge on any atom is -0.312 e. The van der Waals surface area contributed by atoms with Gasteiger partial charge in [0.2, 0.25) is 11.0 Å². The van der Waals surface area contributed by atoms with E-state index in [4.69, 9.17) is 0 Å². The lowest BCUT2D eigenvalue weighted by Crippen LogP contribution is -2.24. The molecule has 0 radical (unpaired) electrons. The molecule has 3 aromatic rings. The number of aryl methyl sites for hydroxylation is 1. The number of hydrogen-bond donors (Lipinski definition) is 1. The van der Waals surface area contributed by atoms with Crippen molar-refractivity contribution in [3.63, 3.8) is 0 Å². The Morgan fingerprint density at radius 3 is 2.73 bits per heavy atom. The molecule has 9 nitrogen and oxygen atoms in total. The number of rotatable bonds is 5. The zero-order valence-electron chi connectivity index (χ0n) is 15.9. The SMILES string of the molecule is Cc1ccc(C(=O)Nc2nnc(C3CC(=O)N(c4ccccc4)C3)s2)cc1[N+](=O)[O-]. The highest BCUT2D eigenvalue weighted by molar-refractivity contribution is 7.15. The van der Waals surface area contributed by atoms with Gasteiger partial charge in [0.25, 0.3) is 11.6 Å². The summed E-state index contributed by atoms with van der Waals surface area (Å²) >= 11 is 1.20. The number of para-hydroxylation sites is 1. The molecule has 152 valence electrons. The second kappa shape index (κ2) is 7.99. The second-order valence-electron chi connectivity index (χ2n) is 6.90. The summed E-state index contributed by atoms with van der Waals surface area (Å²) in [6, 6.07) is 13.7. The van der Waals surface area contributed by atoms with Gasteiger partial charge in [0.05, 0.1) is 4.92 Å². The van der Waals surface area contributed by atoms with E-state index in [1.807, 2.05) is 30.3 Å². The molecule has 2 amide bonds. The van der Waals surface area contributed by atoms with E-state index >= 15 is 0 Å². The number of anilines is 2. The van der Waals surface area contributed by atoms with Gasteiger partial charge in [-0.2, -0.15) is 0 Å². The molecule has 1 fully saturated rings. The van der Waals surface area contributed by atoms with Crippen LogP contribution < -0.4 is 10.2 Å². The molecular formula is C20H17N5O4S. The number of nitrogens with one attached hydrogen (secondary N) is 1. The number of amides is 2. The van der Waals surface area contributed by atoms with E-state index in [1.165, 1.54) is 29.5 Å². The topological polar surface area (TPSA) is 118 Å². The molecule has 1 aliphatic heterocycles. The molecule has 0 saturated carbocycles. The van der Waals surface area contributed by atoms with E-state index in [1.54, 1.807) is 11.8 Å². The lowest BCUT2D eigenvalue weighted by Gasteiger charge is -2.15. The van der Waals surface area contributed by atoms with Crippen LogP contribution in [0, 0.1) is 17.0 Å². The smallest absolute Gasteiger partial charge is 0.273 e. The van der Waals surface area contributed by atoms with Crippen molar-refractivity contribution in [2.24, 2.45) is 0 Å². The molecule has 2 heterocycles. The summed E-state index contributed by atoms with van der Waals surface area (Å²) in [4.78, 5) is 37.1. The maximum Gasteiger partial charge on any atom is 0.273 e. The normalized spacial score (nSPS) is 16.0. The van der Waals surface area contributed by atoms with Crippen molar-refractivity contribution in [1.82, 2.24) is 10.2 Å². The fraction of sp³-hybridized carbons (Fsp3) is 0.200. The van der Waals surface area contributed by atoms with E-state index in [0.29, 0.717) is 23.5 Å². The first kappa shape index (κ1) is 19.6. The predicted molar refractivity (Wildman–Crippen MR) is 112 cm³/mol. The molecule has 1 N–H and O–H groups in total. The fourth-order valence-corrected chi connectivity index (χ4v) is 4.13. The van der Waals surface area contributed by atoms with Crippen LogP contribution in [-0.2, 0) is 4.79 Å². The number of benzene rings is 2. The van der Waals surface area contributed by atoms with Gasteiger partial charge in [-0.25, -0.2) is 0 Å². The number of nitro groups is 1. The van der Waals surface area contributed by atoms with Crippen LogP contribution in [0.4, 0.5) is 16.5 Å². The molecule has 1 aliphatic rings. The maximum atomic E-state index is 12.5. The zero-order valence-corrected chi connectivity index (χ0v) is 16.8. The van der Waals surface area contributed by atoms with E-state index in [0.717, 1.165) is 5.69 Å². The Balaban J connectivity index is 1.46. The van der Waals surface area contributed by atoms with E-state index in [2.05, 4.69) is 15.5 Å². The molecule has 4 rings (SSSR count). The molecule has 10 heteroatoms. The van der Waals surface area contributed by atoms with Crippen LogP contribution in [0.3, 0.4) is 0 Å². The van der Waals surface area contributed by atoms with Gasteiger partial charge in [-0.3, -0.25) is 25.0 Å². The van der Waals surface area contributed by atoms with Crippen molar-refractivity contribution in [2.45, 2.75) is 19.3 Å². The summed E-state index contributed by atoms with van der Waals surface area (Å²) in [5.41, 5.74) is 1.36. The number of nitrogens with zero attached hydrogens (tertiary/aromatic N) is 4. The molecule has 0 bridgehead atoms. The lowest BCUT2D eigenvalue weighted by molar-refractivity contribution is -0.385. The minimum atomic E-state index is -0.523. The van der Waals surface area contributed by atoms with E-state index in [-0.39, 0.29) is 28.2 Å². The van der Waals surface area contributed by atoms with Gasteiger partial charge in [0.15, 0.2) is 0 Å². The summed E-state index contributed by atoms with van der Waals surface area (Å²) in [5, 5.41) is 22.8. The Bertz CT molecular complexity index is 1130. The molecule has 1 aromatic heterocycles. The lowest BCUT2D eigenvalue weighted by atomic mass is 10.1. The Labute approximate surface area is 175 Å². The third-order valence-electron chi connectivity index (χ3n) is 4.87. The van der Waals surface area contributed by atoms with Crippen LogP contribution in [0.25, 0.3) is 0 Å². The summed E-state index contributed by atoms with van der Waals surface area (Å²) in [7, 11) is 0. The van der Waals surface area contributed by atoms with Gasteiger partial charge in [0.1, 0.15) is 5.01 Å². The van der Waals surface area contributed by atoms with Crippen molar-refractivity contribution in [2.75, 3.05) is 16.8 Å². The molecular weight excluding hydrogens is 406 g/mol. The largest absolute Gasteiger partial charge is 0.312 e. The van der Waals surface area contributed by atoms with Gasteiger partial charge >= 0.3 is 0 Å². The first-order valence-electron chi connectivity index (χ1n) is 9.17. The Kier molecular flexibility index (Phi) is 5.23. The maximum absolute atomic E-state index is 12.5. The highest BCUT2D eigenvalue weighted by atomic mass is 32.1. The second-order valence-corrected chi connectivity index (χ2v) is 7.91. The molecule has 1 atom stereocenters. The average molecular weight is 423 g/mol. The van der Waals surface area contributed by atoms with Gasteiger partial charge in [-0.15, -0.1) is 10.2 Å². The van der Waals surface area contributed by atoms with Crippen molar-refractivity contribution >= 4 is 39.7 Å². The van der Waals surface area contributed by atoms with Crippen LogP contribution in [0.1, 0.15) is 33.3 Å². The molecule has 1 saturated heterocycles. The average Bonchev–Trinajstić information content (AvgIpc) is 3.35. The number of carbonyl (C=O) groups excluding carboxylic acids is 2. The molecule has 2 aromatic carbocycles. The molecule has 1 unspecified atom stereocenters. The van der Waals surface area contributed by atoms with Gasteiger partial charge in [-0.1, -0.05) is 35.6 Å².